The summed E-state index contributed by atoms with van der Waals surface area (Å²) in [5.74, 6) is 2.11. The Morgan fingerprint density at radius 2 is 1.79 bits per heavy atom. The van der Waals surface area contributed by atoms with Gasteiger partial charge in [-0.25, -0.2) is 10.2 Å². The van der Waals surface area contributed by atoms with E-state index in [1.54, 1.807) is 0 Å². The highest BCUT2D eigenvalue weighted by Gasteiger charge is 2.58. The van der Waals surface area contributed by atoms with Crippen LogP contribution in [0.2, 0.25) is 0 Å². The molecule has 0 spiro atoms. The van der Waals surface area contributed by atoms with Gasteiger partial charge in [0.1, 0.15) is 0 Å². The molecule has 0 aromatic rings. The zero-order valence-corrected chi connectivity index (χ0v) is 18.1. The second-order valence-corrected chi connectivity index (χ2v) is 10.1. The number of nitrogens with two attached hydrogens (primary N) is 2. The molecule has 4 rings (SSSR count). The lowest BCUT2D eigenvalue weighted by molar-refractivity contribution is -0.0155. The van der Waals surface area contributed by atoms with Gasteiger partial charge in [0, 0.05) is 11.1 Å². The number of hydrogen-bond donors (Lipinski definition) is 4. The zero-order chi connectivity index (χ0) is 20.8. The standard InChI is InChI=1S/C21H32N6OS/c1-20-9-7-13(24-26-18(22)28)11-12(20)3-4-14-15-5-6-17(25-27-19(23)29)21(15,2)10-8-16(14)20/h11,14-16H,3-10H2,1-2H3,(H3,22,26,28)(H3,23,27,29)/b24-13-,25-17+/t14-,15-,16-,20+,21+/m1/s1. The summed E-state index contributed by atoms with van der Waals surface area (Å²) in [6.45, 7) is 4.85. The number of carbonyl (C=O) groups is 1. The number of amides is 2. The first-order valence-corrected chi connectivity index (χ1v) is 11.1. The summed E-state index contributed by atoms with van der Waals surface area (Å²) in [5.41, 5.74) is 20.0. The molecule has 5 atom stereocenters. The maximum absolute atomic E-state index is 11.0. The third kappa shape index (κ3) is 3.45. The highest BCUT2D eigenvalue weighted by Crippen LogP contribution is 2.64. The number of primary amides is 1. The Hall–Kier alpha value is -1.96. The van der Waals surface area contributed by atoms with Crippen LogP contribution in [0.5, 0.6) is 0 Å². The molecule has 158 valence electrons. The van der Waals surface area contributed by atoms with Gasteiger partial charge in [0.05, 0.1) is 5.71 Å². The smallest absolute Gasteiger partial charge is 0.332 e. The minimum absolute atomic E-state index is 0.156. The average Bonchev–Trinajstić information content (AvgIpc) is 3.01. The van der Waals surface area contributed by atoms with Gasteiger partial charge in [-0.15, -0.1) is 0 Å². The van der Waals surface area contributed by atoms with Gasteiger partial charge in [0.25, 0.3) is 0 Å². The molecule has 4 aliphatic carbocycles. The van der Waals surface area contributed by atoms with Crippen molar-refractivity contribution in [2.45, 2.75) is 65.2 Å². The monoisotopic (exact) mass is 416 g/mol. The van der Waals surface area contributed by atoms with Gasteiger partial charge in [-0.1, -0.05) is 19.4 Å². The highest BCUT2D eigenvalue weighted by molar-refractivity contribution is 7.80. The molecule has 8 heteroatoms. The summed E-state index contributed by atoms with van der Waals surface area (Å²) in [4.78, 5) is 11.0. The van der Waals surface area contributed by atoms with E-state index in [9.17, 15) is 4.79 Å². The third-order valence-corrected chi connectivity index (χ3v) is 8.42. The predicted octanol–water partition coefficient (Wildman–Crippen LogP) is 3.16. The number of allylic oxidation sites excluding steroid dienone is 2. The molecule has 0 aliphatic heterocycles. The summed E-state index contributed by atoms with van der Waals surface area (Å²) in [6.07, 6.45) is 11.2. The maximum Gasteiger partial charge on any atom is 0.332 e. The summed E-state index contributed by atoms with van der Waals surface area (Å²) in [5, 5.41) is 9.02. The fraction of sp³-hybridized carbons (Fsp3) is 0.714. The van der Waals surface area contributed by atoms with E-state index in [0.717, 1.165) is 37.3 Å². The molecule has 0 heterocycles. The normalized spacial score (nSPS) is 41.2. The molecule has 6 N–H and O–H groups in total. The molecule has 3 fully saturated rings. The maximum atomic E-state index is 11.0. The number of hydrazone groups is 2. The van der Waals surface area contributed by atoms with Gasteiger partial charge in [-0.3, -0.25) is 5.43 Å². The molecule has 29 heavy (non-hydrogen) atoms. The molecule has 0 bridgehead atoms. The fourth-order valence-electron chi connectivity index (χ4n) is 6.88. The van der Waals surface area contributed by atoms with E-state index in [4.69, 9.17) is 23.7 Å². The number of rotatable bonds is 2. The van der Waals surface area contributed by atoms with Crippen molar-refractivity contribution in [3.05, 3.63) is 11.6 Å². The molecule has 4 aliphatic rings. The Morgan fingerprint density at radius 3 is 2.52 bits per heavy atom. The van der Waals surface area contributed by atoms with Crippen LogP contribution >= 0.6 is 12.2 Å². The molecule has 2 amide bonds. The quantitative estimate of drug-likeness (QED) is 0.408. The van der Waals surface area contributed by atoms with Crippen LogP contribution in [-0.4, -0.2) is 22.6 Å². The molecule has 7 nitrogen and oxygen atoms in total. The number of hydrogen-bond acceptors (Lipinski definition) is 4. The van der Waals surface area contributed by atoms with Crippen LogP contribution in [0.1, 0.15) is 65.2 Å². The Kier molecular flexibility index (Phi) is 5.17. The van der Waals surface area contributed by atoms with Crippen LogP contribution in [0.15, 0.2) is 21.9 Å². The first kappa shape index (κ1) is 20.3. The van der Waals surface area contributed by atoms with Crippen molar-refractivity contribution in [1.29, 1.82) is 0 Å². The van der Waals surface area contributed by atoms with Crippen LogP contribution < -0.4 is 22.3 Å². The Labute approximate surface area is 177 Å². The minimum Gasteiger partial charge on any atom is -0.375 e. The average molecular weight is 417 g/mol. The van der Waals surface area contributed by atoms with E-state index in [-0.39, 0.29) is 15.9 Å². The van der Waals surface area contributed by atoms with Gasteiger partial charge in [-0.2, -0.15) is 10.2 Å². The van der Waals surface area contributed by atoms with Crippen LogP contribution in [0.3, 0.4) is 0 Å². The van der Waals surface area contributed by atoms with Gasteiger partial charge in [-0.05, 0) is 92.8 Å². The number of nitrogens with one attached hydrogen (secondary N) is 2. The largest absolute Gasteiger partial charge is 0.375 e. The van der Waals surface area contributed by atoms with Crippen LogP contribution in [0.25, 0.3) is 0 Å². The van der Waals surface area contributed by atoms with E-state index in [1.807, 2.05) is 0 Å². The molecule has 0 aromatic heterocycles. The number of urea groups is 1. The van der Waals surface area contributed by atoms with Crippen LogP contribution in [-0.2, 0) is 0 Å². The predicted molar refractivity (Wildman–Crippen MR) is 119 cm³/mol. The van der Waals surface area contributed by atoms with Crippen molar-refractivity contribution in [1.82, 2.24) is 10.9 Å². The number of nitrogens with zero attached hydrogens (tertiary/aromatic N) is 2. The molecule has 0 radical (unpaired) electrons. The molecule has 0 saturated heterocycles. The van der Waals surface area contributed by atoms with E-state index >= 15 is 0 Å². The fourth-order valence-corrected chi connectivity index (χ4v) is 6.93. The van der Waals surface area contributed by atoms with E-state index in [1.165, 1.54) is 37.0 Å². The summed E-state index contributed by atoms with van der Waals surface area (Å²) in [7, 11) is 0. The lowest BCUT2D eigenvalue weighted by Gasteiger charge is -2.57. The Morgan fingerprint density at radius 1 is 1.03 bits per heavy atom. The first-order chi connectivity index (χ1) is 13.7. The molecular formula is C21H32N6OS. The van der Waals surface area contributed by atoms with Crippen molar-refractivity contribution < 1.29 is 4.79 Å². The van der Waals surface area contributed by atoms with Crippen molar-refractivity contribution in [3.63, 3.8) is 0 Å². The first-order valence-electron chi connectivity index (χ1n) is 10.7. The molecular weight excluding hydrogens is 384 g/mol. The van der Waals surface area contributed by atoms with E-state index in [2.05, 4.69) is 41.0 Å². The minimum atomic E-state index is -0.608. The van der Waals surface area contributed by atoms with Crippen LogP contribution in [0.4, 0.5) is 4.79 Å². The Bertz CT molecular complexity index is 820. The van der Waals surface area contributed by atoms with Crippen molar-refractivity contribution in [3.8, 4) is 0 Å². The third-order valence-electron chi connectivity index (χ3n) is 8.33. The van der Waals surface area contributed by atoms with Gasteiger partial charge in [0.2, 0.25) is 0 Å². The zero-order valence-electron chi connectivity index (χ0n) is 17.3. The molecule has 3 saturated carbocycles. The lowest BCUT2D eigenvalue weighted by atomic mass is 9.47. The van der Waals surface area contributed by atoms with Gasteiger partial charge >= 0.3 is 6.03 Å². The summed E-state index contributed by atoms with van der Waals surface area (Å²) >= 11 is 4.94. The molecule has 0 unspecified atom stereocenters. The second kappa shape index (κ2) is 7.38. The summed E-state index contributed by atoms with van der Waals surface area (Å²) < 4.78 is 0. The van der Waals surface area contributed by atoms with Crippen molar-refractivity contribution >= 4 is 34.8 Å². The van der Waals surface area contributed by atoms with Gasteiger partial charge in [0.15, 0.2) is 5.11 Å². The van der Waals surface area contributed by atoms with Crippen molar-refractivity contribution in [2.24, 2.45) is 50.3 Å². The highest BCUT2D eigenvalue weighted by atomic mass is 32.1. The van der Waals surface area contributed by atoms with E-state index < -0.39 is 6.03 Å². The SMILES string of the molecule is C[C@]12CC/C(=N/NC(N)=O)C=C1CC[C@H]1[C@H]2CC[C@]2(C)/C(=N/NC(N)=S)CC[C@H]12. The lowest BCUT2D eigenvalue weighted by Crippen LogP contribution is -2.50. The number of carbonyl (C=O) groups excluding carboxylic acids is 1. The summed E-state index contributed by atoms with van der Waals surface area (Å²) in [6, 6.07) is -0.608. The Balaban J connectivity index is 1.57. The topological polar surface area (TPSA) is 118 Å². The number of fused-ring (bicyclic) bond motifs is 5. The van der Waals surface area contributed by atoms with E-state index in [0.29, 0.717) is 11.8 Å². The number of thiocarbonyl (C=S) groups is 1. The van der Waals surface area contributed by atoms with Gasteiger partial charge < -0.3 is 11.5 Å². The van der Waals surface area contributed by atoms with Crippen LogP contribution in [0, 0.1) is 28.6 Å². The second-order valence-electron chi connectivity index (χ2n) is 9.61. The van der Waals surface area contributed by atoms with Crippen molar-refractivity contribution in [2.75, 3.05) is 0 Å². The molecule has 0 aromatic carbocycles.